The van der Waals surface area contributed by atoms with Gasteiger partial charge in [0, 0.05) is 17.1 Å². The number of benzene rings is 1. The molecule has 0 saturated carbocycles. The Morgan fingerprint density at radius 2 is 2.04 bits per heavy atom. The van der Waals surface area contributed by atoms with Gasteiger partial charge in [0.05, 0.1) is 5.75 Å². The van der Waals surface area contributed by atoms with Crippen LogP contribution in [0.2, 0.25) is 5.02 Å². The van der Waals surface area contributed by atoms with Gasteiger partial charge in [0.25, 0.3) is 0 Å². The SMILES string of the molecule is CCCC[C@@H](CC)CNC(=O)CSc1nnc(-c2ccc(Cl)cc2)n1N. The number of nitrogens with zero attached hydrogens (tertiary/aromatic N) is 3. The minimum Gasteiger partial charge on any atom is -0.355 e. The maximum Gasteiger partial charge on any atom is 0.230 e. The van der Waals surface area contributed by atoms with Crippen LogP contribution in [0.1, 0.15) is 39.5 Å². The van der Waals surface area contributed by atoms with E-state index in [1.165, 1.54) is 29.3 Å². The summed E-state index contributed by atoms with van der Waals surface area (Å²) in [4.78, 5) is 12.1. The van der Waals surface area contributed by atoms with Gasteiger partial charge in [-0.25, -0.2) is 4.68 Å². The third-order valence-corrected chi connectivity index (χ3v) is 5.43. The number of carbonyl (C=O) groups excluding carboxylic acids is 1. The Morgan fingerprint density at radius 3 is 2.69 bits per heavy atom. The minimum atomic E-state index is -0.0130. The standard InChI is InChI=1S/C18H26ClN5OS/c1-3-5-6-13(4-2)11-21-16(25)12-26-18-23-22-17(24(18)20)14-7-9-15(19)10-8-14/h7-10,13H,3-6,11-12,20H2,1-2H3,(H,21,25)/t13-/m1/s1. The fourth-order valence-electron chi connectivity index (χ4n) is 2.55. The van der Waals surface area contributed by atoms with Gasteiger partial charge in [0.1, 0.15) is 0 Å². The average Bonchev–Trinajstić information content (AvgIpc) is 3.01. The van der Waals surface area contributed by atoms with Crippen molar-refractivity contribution in [1.29, 1.82) is 0 Å². The Labute approximate surface area is 163 Å². The van der Waals surface area contributed by atoms with Crippen LogP contribution in [0, 0.1) is 5.92 Å². The molecule has 1 atom stereocenters. The van der Waals surface area contributed by atoms with Crippen molar-refractivity contribution in [3.8, 4) is 11.4 Å². The monoisotopic (exact) mass is 395 g/mol. The van der Waals surface area contributed by atoms with Gasteiger partial charge in [0.2, 0.25) is 11.1 Å². The van der Waals surface area contributed by atoms with Crippen LogP contribution < -0.4 is 11.2 Å². The summed E-state index contributed by atoms with van der Waals surface area (Å²) in [6.07, 6.45) is 4.62. The number of hydrogen-bond acceptors (Lipinski definition) is 5. The molecular formula is C18H26ClN5OS. The Morgan fingerprint density at radius 1 is 1.31 bits per heavy atom. The summed E-state index contributed by atoms with van der Waals surface area (Å²) in [7, 11) is 0. The zero-order valence-corrected chi connectivity index (χ0v) is 16.8. The van der Waals surface area contributed by atoms with E-state index in [1.54, 1.807) is 12.1 Å². The van der Waals surface area contributed by atoms with Gasteiger partial charge in [-0.3, -0.25) is 4.79 Å². The molecule has 0 unspecified atom stereocenters. The lowest BCUT2D eigenvalue weighted by molar-refractivity contribution is -0.118. The second-order valence-electron chi connectivity index (χ2n) is 6.19. The molecule has 0 aliphatic heterocycles. The molecule has 0 bridgehead atoms. The molecule has 3 N–H and O–H groups in total. The van der Waals surface area contributed by atoms with Gasteiger partial charge in [-0.05, 0) is 36.6 Å². The van der Waals surface area contributed by atoms with E-state index in [0.29, 0.717) is 21.9 Å². The topological polar surface area (TPSA) is 85.8 Å². The van der Waals surface area contributed by atoms with Crippen LogP contribution in [-0.2, 0) is 4.79 Å². The van der Waals surface area contributed by atoms with Crippen molar-refractivity contribution in [1.82, 2.24) is 20.2 Å². The normalized spacial score (nSPS) is 12.1. The lowest BCUT2D eigenvalue weighted by Crippen LogP contribution is -2.30. The molecule has 0 radical (unpaired) electrons. The van der Waals surface area contributed by atoms with E-state index in [4.69, 9.17) is 17.4 Å². The Bertz CT molecular complexity index is 704. The van der Waals surface area contributed by atoms with E-state index in [2.05, 4.69) is 29.4 Å². The number of carbonyl (C=O) groups is 1. The molecule has 1 aromatic carbocycles. The van der Waals surface area contributed by atoms with Gasteiger partial charge < -0.3 is 11.2 Å². The lowest BCUT2D eigenvalue weighted by Gasteiger charge is -2.15. The summed E-state index contributed by atoms with van der Waals surface area (Å²) in [5, 5.41) is 12.3. The molecule has 6 nitrogen and oxygen atoms in total. The molecule has 26 heavy (non-hydrogen) atoms. The van der Waals surface area contributed by atoms with Crippen molar-refractivity contribution in [3.05, 3.63) is 29.3 Å². The van der Waals surface area contributed by atoms with Crippen LogP contribution in [0.15, 0.2) is 29.4 Å². The second-order valence-corrected chi connectivity index (χ2v) is 7.57. The molecule has 0 aliphatic carbocycles. The second kappa shape index (κ2) is 10.4. The molecule has 2 rings (SSSR count). The molecule has 142 valence electrons. The zero-order chi connectivity index (χ0) is 18.9. The number of rotatable bonds is 10. The Hall–Kier alpha value is -1.73. The van der Waals surface area contributed by atoms with Crippen molar-refractivity contribution in [3.63, 3.8) is 0 Å². The van der Waals surface area contributed by atoms with Crippen LogP contribution in [0.3, 0.4) is 0 Å². The van der Waals surface area contributed by atoms with Crippen molar-refractivity contribution in [2.24, 2.45) is 5.92 Å². The predicted molar refractivity (Wildman–Crippen MR) is 108 cm³/mol. The first-order valence-electron chi connectivity index (χ1n) is 8.91. The highest BCUT2D eigenvalue weighted by molar-refractivity contribution is 7.99. The summed E-state index contributed by atoms with van der Waals surface area (Å²) in [5.74, 6) is 7.39. The van der Waals surface area contributed by atoms with E-state index in [-0.39, 0.29) is 11.7 Å². The first-order valence-corrected chi connectivity index (χ1v) is 10.3. The van der Waals surface area contributed by atoms with Gasteiger partial charge in [-0.2, -0.15) is 0 Å². The highest BCUT2D eigenvalue weighted by Crippen LogP contribution is 2.22. The average molecular weight is 396 g/mol. The summed E-state index contributed by atoms with van der Waals surface area (Å²) < 4.78 is 1.40. The number of amides is 1. The number of thioether (sulfide) groups is 1. The fourth-order valence-corrected chi connectivity index (χ4v) is 3.37. The number of unbranched alkanes of at least 4 members (excludes halogenated alkanes) is 1. The Kier molecular flexibility index (Phi) is 8.25. The zero-order valence-electron chi connectivity index (χ0n) is 15.2. The molecule has 1 amide bonds. The van der Waals surface area contributed by atoms with Crippen LogP contribution >= 0.6 is 23.4 Å². The van der Waals surface area contributed by atoms with Crippen LogP contribution in [-0.4, -0.2) is 33.1 Å². The van der Waals surface area contributed by atoms with E-state index < -0.39 is 0 Å². The van der Waals surface area contributed by atoms with Crippen LogP contribution in [0.4, 0.5) is 0 Å². The molecule has 0 aliphatic rings. The number of nitrogens with one attached hydrogen (secondary N) is 1. The number of hydrogen-bond donors (Lipinski definition) is 2. The molecular weight excluding hydrogens is 370 g/mol. The molecule has 2 aromatic rings. The number of aromatic nitrogens is 3. The molecule has 0 fully saturated rings. The highest BCUT2D eigenvalue weighted by Gasteiger charge is 2.14. The van der Waals surface area contributed by atoms with E-state index in [9.17, 15) is 4.79 Å². The largest absolute Gasteiger partial charge is 0.355 e. The van der Waals surface area contributed by atoms with E-state index >= 15 is 0 Å². The summed E-state index contributed by atoms with van der Waals surface area (Å²) >= 11 is 7.17. The van der Waals surface area contributed by atoms with Crippen LogP contribution in [0.25, 0.3) is 11.4 Å². The van der Waals surface area contributed by atoms with Crippen molar-refractivity contribution in [2.45, 2.75) is 44.7 Å². The maximum absolute atomic E-state index is 12.1. The minimum absolute atomic E-state index is 0.0130. The molecule has 0 spiro atoms. The number of halogens is 1. The molecule has 0 saturated heterocycles. The van der Waals surface area contributed by atoms with Crippen LogP contribution in [0.5, 0.6) is 0 Å². The smallest absolute Gasteiger partial charge is 0.230 e. The first kappa shape index (κ1) is 20.6. The maximum atomic E-state index is 12.1. The highest BCUT2D eigenvalue weighted by atomic mass is 35.5. The van der Waals surface area contributed by atoms with E-state index in [1.807, 2.05) is 12.1 Å². The predicted octanol–water partition coefficient (Wildman–Crippen LogP) is 3.74. The summed E-state index contributed by atoms with van der Waals surface area (Å²) in [6, 6.07) is 7.21. The summed E-state index contributed by atoms with van der Waals surface area (Å²) in [5.41, 5.74) is 0.822. The molecule has 8 heteroatoms. The van der Waals surface area contributed by atoms with Gasteiger partial charge >= 0.3 is 0 Å². The third kappa shape index (κ3) is 5.92. The lowest BCUT2D eigenvalue weighted by atomic mass is 9.99. The van der Waals surface area contributed by atoms with Gasteiger partial charge in [-0.1, -0.05) is 56.5 Å². The van der Waals surface area contributed by atoms with Gasteiger partial charge in [-0.15, -0.1) is 10.2 Å². The molecule has 1 heterocycles. The number of nitrogen functional groups attached to an aromatic ring is 1. The van der Waals surface area contributed by atoms with E-state index in [0.717, 1.165) is 24.9 Å². The van der Waals surface area contributed by atoms with Crippen molar-refractivity contribution >= 4 is 29.3 Å². The third-order valence-electron chi connectivity index (χ3n) is 4.23. The van der Waals surface area contributed by atoms with Crippen molar-refractivity contribution < 1.29 is 4.79 Å². The Balaban J connectivity index is 1.86. The van der Waals surface area contributed by atoms with Gasteiger partial charge in [0.15, 0.2) is 5.82 Å². The fraction of sp³-hybridized carbons (Fsp3) is 0.500. The quantitative estimate of drug-likeness (QED) is 0.472. The summed E-state index contributed by atoms with van der Waals surface area (Å²) in [6.45, 7) is 5.07. The first-order chi connectivity index (χ1) is 12.5. The molecule has 1 aromatic heterocycles. The van der Waals surface area contributed by atoms with Crippen molar-refractivity contribution in [2.75, 3.05) is 18.1 Å². The number of nitrogens with two attached hydrogens (primary N) is 1.